The van der Waals surface area contributed by atoms with Gasteiger partial charge in [-0.05, 0) is 129 Å². The lowest BCUT2D eigenvalue weighted by Crippen LogP contribution is -2.72. The first kappa shape index (κ1) is 41.3. The van der Waals surface area contributed by atoms with Gasteiger partial charge in [0, 0.05) is 57.4 Å². The zero-order chi connectivity index (χ0) is 39.9. The molecule has 57 heavy (non-hydrogen) atoms. The molecule has 10 rings (SSSR count). The molecule has 5 saturated heterocycles. The summed E-state index contributed by atoms with van der Waals surface area (Å²) in [7, 11) is 0. The highest BCUT2D eigenvalue weighted by atomic mass is 17.3. The Hall–Kier alpha value is -1.03. The van der Waals surface area contributed by atoms with E-state index in [1.807, 2.05) is 6.92 Å². The van der Waals surface area contributed by atoms with E-state index in [0.29, 0.717) is 35.5 Å². The molecule has 5 heterocycles. The Morgan fingerprint density at radius 2 is 1.63 bits per heavy atom. The van der Waals surface area contributed by atoms with Crippen molar-refractivity contribution >= 4 is 5.97 Å². The Kier molecular flexibility index (Phi) is 11.4. The van der Waals surface area contributed by atoms with Gasteiger partial charge in [-0.3, -0.25) is 9.69 Å². The van der Waals surface area contributed by atoms with Crippen molar-refractivity contribution in [2.45, 2.75) is 188 Å². The van der Waals surface area contributed by atoms with Crippen LogP contribution in [0.1, 0.15) is 158 Å². The van der Waals surface area contributed by atoms with Crippen LogP contribution < -0.4 is 0 Å². The molecule has 0 aromatic heterocycles. The summed E-state index contributed by atoms with van der Waals surface area (Å²) in [5.41, 5.74) is 1.91. The Bertz CT molecular complexity index is 1500. The van der Waals surface area contributed by atoms with E-state index in [1.54, 1.807) is 5.57 Å². The molecule has 5 aliphatic carbocycles. The summed E-state index contributed by atoms with van der Waals surface area (Å²) >= 11 is 0. The fourth-order valence-corrected chi connectivity index (χ4v) is 15.8. The smallest absolute Gasteiger partial charge is 0.307 e. The van der Waals surface area contributed by atoms with E-state index in [4.69, 9.17) is 24.0 Å². The molecule has 0 N–H and O–H groups in total. The molecule has 9 fully saturated rings. The predicted octanol–water partition coefficient (Wildman–Crippen LogP) is 10.2. The Labute approximate surface area is 346 Å². The molecule has 2 bridgehead atoms. The van der Waals surface area contributed by atoms with Crippen LogP contribution in [0, 0.1) is 70.0 Å². The first-order chi connectivity index (χ1) is 27.2. The molecule has 16 atom stereocenters. The van der Waals surface area contributed by atoms with Crippen LogP contribution in [0.4, 0.5) is 0 Å². The minimum atomic E-state index is -0.744. The van der Waals surface area contributed by atoms with Gasteiger partial charge in [-0.15, -0.1) is 0 Å². The van der Waals surface area contributed by atoms with E-state index in [9.17, 15) is 4.79 Å². The monoisotopic (exact) mass is 793 g/mol. The average molecular weight is 793 g/mol. The first-order valence-electron chi connectivity index (χ1n) is 24.3. The topological polar surface area (TPSA) is 69.7 Å². The molecule has 5 aliphatic heterocycles. The fourth-order valence-electron chi connectivity index (χ4n) is 15.8. The maximum Gasteiger partial charge on any atom is 0.307 e. The van der Waals surface area contributed by atoms with E-state index < -0.39 is 17.7 Å². The normalized spacial score (nSPS) is 48.9. The van der Waals surface area contributed by atoms with E-state index >= 15 is 0 Å². The Morgan fingerprint density at radius 3 is 2.42 bits per heavy atom. The van der Waals surface area contributed by atoms with Crippen molar-refractivity contribution < 1.29 is 28.8 Å². The fraction of sp³-hybridized carbons (Fsp3) is 0.939. The zero-order valence-corrected chi connectivity index (χ0v) is 37.3. The molecule has 0 radical (unpaired) electrons. The number of carbonyl (C=O) groups is 1. The van der Waals surface area contributed by atoms with Crippen LogP contribution in [0.5, 0.6) is 0 Å². The summed E-state index contributed by atoms with van der Waals surface area (Å²) in [6.07, 6.45) is 21.3. The summed E-state index contributed by atoms with van der Waals surface area (Å²) < 4.78 is 19.9. The average Bonchev–Trinajstić information content (AvgIpc) is 3.38. The third-order valence-corrected chi connectivity index (χ3v) is 19.1. The second-order valence-corrected chi connectivity index (χ2v) is 22.6. The zero-order valence-electron chi connectivity index (χ0n) is 37.3. The van der Waals surface area contributed by atoms with Crippen molar-refractivity contribution in [3.05, 3.63) is 11.6 Å². The summed E-state index contributed by atoms with van der Waals surface area (Å²) in [6, 6.07) is 0. The van der Waals surface area contributed by atoms with Crippen molar-refractivity contribution in [1.82, 2.24) is 9.80 Å². The maximum absolute atomic E-state index is 13.4. The molecule has 1 spiro atoms. The van der Waals surface area contributed by atoms with Crippen LogP contribution >= 0.6 is 0 Å². The molecule has 1 unspecified atom stereocenters. The molecule has 0 aromatic carbocycles. The standard InChI is InChI=1S/C49H80N2O6/c1-31(2)10-9-11-32(3)38-16-17-41-37-14-13-35-30-36(18-22-46(35,6)42(37)19-23-47(38,41)7)53-43(52)21-25-50-26-28-51(29-27-50)44-34(5)40-15-12-33(4)39-20-24-48(8)55-45(54-44)49(39,40)57-56-48/h13,31-34,36-42,44-45H,9-12,14-30H2,1-8H3/t32-,33+,34+,36-,37-,38?,39-,40-,41-,42-,44-,45+,46-,47+,48-,49+/m0/s1. The van der Waals surface area contributed by atoms with Gasteiger partial charge in [0.15, 0.2) is 11.9 Å². The van der Waals surface area contributed by atoms with E-state index in [2.05, 4.69) is 64.3 Å². The van der Waals surface area contributed by atoms with Gasteiger partial charge < -0.3 is 19.1 Å². The molecular weight excluding hydrogens is 713 g/mol. The second-order valence-electron chi connectivity index (χ2n) is 22.6. The minimum Gasteiger partial charge on any atom is -0.462 e. The number of ether oxygens (including phenoxy) is 3. The van der Waals surface area contributed by atoms with Gasteiger partial charge in [0.05, 0.1) is 6.42 Å². The first-order valence-corrected chi connectivity index (χ1v) is 24.3. The van der Waals surface area contributed by atoms with Gasteiger partial charge in [0.2, 0.25) is 5.79 Å². The number of fused-ring (bicyclic) bond motifs is 7. The molecule has 4 saturated carbocycles. The second kappa shape index (κ2) is 15.7. The van der Waals surface area contributed by atoms with Crippen LogP contribution in [0.15, 0.2) is 11.6 Å². The van der Waals surface area contributed by atoms with Crippen LogP contribution in [-0.4, -0.2) is 78.5 Å². The highest BCUT2D eigenvalue weighted by molar-refractivity contribution is 5.69. The largest absolute Gasteiger partial charge is 0.462 e. The lowest BCUT2D eigenvalue weighted by molar-refractivity contribution is -0.574. The number of carbonyl (C=O) groups excluding carboxylic acids is 1. The summed E-state index contributed by atoms with van der Waals surface area (Å²) in [6.45, 7) is 23.9. The number of hydrogen-bond donors (Lipinski definition) is 0. The Balaban J connectivity index is 0.747. The van der Waals surface area contributed by atoms with Crippen molar-refractivity contribution in [2.24, 2.45) is 70.0 Å². The summed E-state index contributed by atoms with van der Waals surface area (Å²) in [5.74, 6) is 5.97. The van der Waals surface area contributed by atoms with Crippen LogP contribution in [0.25, 0.3) is 0 Å². The summed E-state index contributed by atoms with van der Waals surface area (Å²) in [5, 5.41) is 0. The number of piperazine rings is 1. The molecule has 322 valence electrons. The molecule has 0 aromatic rings. The third kappa shape index (κ3) is 7.14. The van der Waals surface area contributed by atoms with E-state index in [1.165, 1.54) is 64.2 Å². The molecule has 0 amide bonds. The predicted molar refractivity (Wildman–Crippen MR) is 222 cm³/mol. The molecule has 10 aliphatic rings. The lowest BCUT2D eigenvalue weighted by atomic mass is 9.47. The van der Waals surface area contributed by atoms with Crippen LogP contribution in [0.2, 0.25) is 0 Å². The third-order valence-electron chi connectivity index (χ3n) is 19.1. The van der Waals surface area contributed by atoms with Crippen molar-refractivity contribution in [1.29, 1.82) is 0 Å². The number of hydrogen-bond acceptors (Lipinski definition) is 8. The van der Waals surface area contributed by atoms with Gasteiger partial charge in [-0.2, -0.15) is 0 Å². The highest BCUT2D eigenvalue weighted by Gasteiger charge is 2.70. The lowest BCUT2D eigenvalue weighted by Gasteiger charge is -2.61. The van der Waals surface area contributed by atoms with Gasteiger partial charge in [0.1, 0.15) is 12.3 Å². The van der Waals surface area contributed by atoms with Crippen molar-refractivity contribution in [2.75, 3.05) is 32.7 Å². The van der Waals surface area contributed by atoms with Gasteiger partial charge in [-0.1, -0.05) is 79.4 Å². The highest BCUT2D eigenvalue weighted by Crippen LogP contribution is 2.68. The van der Waals surface area contributed by atoms with E-state index in [-0.39, 0.29) is 23.7 Å². The van der Waals surface area contributed by atoms with Gasteiger partial charge >= 0.3 is 5.97 Å². The maximum atomic E-state index is 13.4. The number of rotatable bonds is 10. The molecule has 8 heteroatoms. The van der Waals surface area contributed by atoms with E-state index in [0.717, 1.165) is 100 Å². The van der Waals surface area contributed by atoms with Gasteiger partial charge in [-0.25, -0.2) is 9.78 Å². The minimum absolute atomic E-state index is 0.000945. The quantitative estimate of drug-likeness (QED) is 0.123. The molecular formula is C49H80N2O6. The van der Waals surface area contributed by atoms with Crippen molar-refractivity contribution in [3.8, 4) is 0 Å². The van der Waals surface area contributed by atoms with Crippen molar-refractivity contribution in [3.63, 3.8) is 0 Å². The molecule has 8 nitrogen and oxygen atoms in total. The number of esters is 1. The number of allylic oxidation sites excluding steroid dienone is 1. The number of nitrogens with zero attached hydrogens (tertiary/aromatic N) is 2. The van der Waals surface area contributed by atoms with Crippen LogP contribution in [-0.2, 0) is 28.8 Å². The SMILES string of the molecule is CC(C)CCC[C@H](C)C1CC[C@H]2[C@@H]3CC=C4C[C@@H](OC(=O)CCN5CCN([C@H]6O[C@@H]7O[C@]8(C)CC[C@H]9[C@H](C)CC[C@@H]([C@H]6C)[C@@]79OO8)CC5)CC[C@]4(C)[C@H]3CC[C@]12C. The van der Waals surface area contributed by atoms with Gasteiger partial charge in [0.25, 0.3) is 0 Å². The van der Waals surface area contributed by atoms with Crippen LogP contribution in [0.3, 0.4) is 0 Å². The summed E-state index contributed by atoms with van der Waals surface area (Å²) in [4.78, 5) is 30.8. The Morgan fingerprint density at radius 1 is 0.860 bits per heavy atom.